The monoisotopic (exact) mass is 415 g/mol. The Kier molecular flexibility index (Phi) is 5.62. The highest BCUT2D eigenvalue weighted by molar-refractivity contribution is 6.00. The van der Waals surface area contributed by atoms with Gasteiger partial charge in [0.1, 0.15) is 11.5 Å². The lowest BCUT2D eigenvalue weighted by atomic mass is 9.95. The molecule has 2 aromatic carbocycles. The van der Waals surface area contributed by atoms with Crippen LogP contribution in [0.2, 0.25) is 0 Å². The van der Waals surface area contributed by atoms with Gasteiger partial charge in [0.05, 0.1) is 11.5 Å². The van der Waals surface area contributed by atoms with E-state index in [0.717, 1.165) is 16.7 Å². The molecular formula is C25H22FN3O2. The molecule has 0 bridgehead atoms. The summed E-state index contributed by atoms with van der Waals surface area (Å²) in [5.74, 6) is -0.888. The van der Waals surface area contributed by atoms with Crippen LogP contribution in [0, 0.1) is 19.7 Å². The second-order valence-corrected chi connectivity index (χ2v) is 7.52. The van der Waals surface area contributed by atoms with E-state index in [-0.39, 0.29) is 11.8 Å². The van der Waals surface area contributed by atoms with Crippen molar-refractivity contribution in [1.82, 2.24) is 10.1 Å². The number of aromatic nitrogens is 2. The van der Waals surface area contributed by atoms with Gasteiger partial charge in [0.2, 0.25) is 11.8 Å². The molecule has 4 aromatic rings. The topological polar surface area (TPSA) is 68.0 Å². The summed E-state index contributed by atoms with van der Waals surface area (Å²) in [6.07, 6.45) is 3.25. The van der Waals surface area contributed by atoms with Crippen molar-refractivity contribution in [2.75, 3.05) is 5.32 Å². The van der Waals surface area contributed by atoms with E-state index in [0.29, 0.717) is 22.4 Å². The highest BCUT2D eigenvalue weighted by Gasteiger charge is 2.25. The zero-order valence-electron chi connectivity index (χ0n) is 17.5. The quantitative estimate of drug-likeness (QED) is 0.440. The highest BCUT2D eigenvalue weighted by atomic mass is 19.1. The maximum atomic E-state index is 14.6. The van der Waals surface area contributed by atoms with Crippen molar-refractivity contribution in [1.29, 1.82) is 0 Å². The number of nitrogens with one attached hydrogen (secondary N) is 1. The first-order chi connectivity index (χ1) is 15.0. The van der Waals surface area contributed by atoms with Gasteiger partial charge in [-0.25, -0.2) is 4.39 Å². The lowest BCUT2D eigenvalue weighted by molar-refractivity contribution is -0.117. The molecule has 31 heavy (non-hydrogen) atoms. The van der Waals surface area contributed by atoms with E-state index in [4.69, 9.17) is 4.52 Å². The third kappa shape index (κ3) is 4.10. The number of halogens is 1. The fraction of sp³-hybridized carbons (Fsp3) is 0.160. The van der Waals surface area contributed by atoms with Crippen LogP contribution < -0.4 is 5.32 Å². The highest BCUT2D eigenvalue weighted by Crippen LogP contribution is 2.39. The van der Waals surface area contributed by atoms with Crippen LogP contribution in [0.5, 0.6) is 0 Å². The Morgan fingerprint density at radius 3 is 2.55 bits per heavy atom. The van der Waals surface area contributed by atoms with Crippen molar-refractivity contribution in [3.05, 3.63) is 89.5 Å². The third-order valence-corrected chi connectivity index (χ3v) is 5.32. The van der Waals surface area contributed by atoms with Gasteiger partial charge in [0.15, 0.2) is 0 Å². The van der Waals surface area contributed by atoms with Crippen LogP contribution in [0.15, 0.2) is 71.5 Å². The number of anilines is 1. The van der Waals surface area contributed by atoms with Gasteiger partial charge in [-0.05, 0) is 61.7 Å². The number of amides is 1. The summed E-state index contributed by atoms with van der Waals surface area (Å²) in [5.41, 5.74) is 4.70. The summed E-state index contributed by atoms with van der Waals surface area (Å²) in [5, 5.41) is 6.97. The summed E-state index contributed by atoms with van der Waals surface area (Å²) < 4.78 is 20.2. The minimum absolute atomic E-state index is 0.174. The molecule has 1 N–H and O–H groups in total. The molecule has 1 atom stereocenters. The molecule has 156 valence electrons. The van der Waals surface area contributed by atoms with E-state index in [1.807, 2.05) is 45.0 Å². The molecule has 0 saturated carbocycles. The van der Waals surface area contributed by atoms with Crippen molar-refractivity contribution >= 4 is 11.8 Å². The number of rotatable bonds is 5. The van der Waals surface area contributed by atoms with E-state index < -0.39 is 11.7 Å². The maximum Gasteiger partial charge on any atom is 0.239 e. The van der Waals surface area contributed by atoms with Crippen LogP contribution >= 0.6 is 0 Å². The Balaban J connectivity index is 1.77. The van der Waals surface area contributed by atoms with Gasteiger partial charge < -0.3 is 4.52 Å². The van der Waals surface area contributed by atoms with Crippen LogP contribution in [0.4, 0.5) is 10.3 Å². The number of carbonyl (C=O) groups excluding carboxylic acids is 1. The predicted octanol–water partition coefficient (Wildman–Crippen LogP) is 5.90. The number of hydrogen-bond donors (Lipinski definition) is 1. The molecule has 2 aromatic heterocycles. The number of pyridine rings is 1. The fourth-order valence-corrected chi connectivity index (χ4v) is 3.60. The second-order valence-electron chi connectivity index (χ2n) is 7.52. The van der Waals surface area contributed by atoms with Gasteiger partial charge in [-0.2, -0.15) is 0 Å². The Morgan fingerprint density at radius 2 is 1.81 bits per heavy atom. The number of aryl methyl sites for hydroxylation is 2. The Morgan fingerprint density at radius 1 is 1.06 bits per heavy atom. The van der Waals surface area contributed by atoms with E-state index in [2.05, 4.69) is 15.5 Å². The fourth-order valence-electron chi connectivity index (χ4n) is 3.60. The van der Waals surface area contributed by atoms with Crippen LogP contribution in [0.1, 0.15) is 29.5 Å². The number of benzene rings is 2. The first-order valence-corrected chi connectivity index (χ1v) is 9.98. The first-order valence-electron chi connectivity index (χ1n) is 9.98. The average Bonchev–Trinajstić information content (AvgIpc) is 3.19. The van der Waals surface area contributed by atoms with Gasteiger partial charge in [-0.1, -0.05) is 41.1 Å². The van der Waals surface area contributed by atoms with Gasteiger partial charge in [-0.3, -0.25) is 15.1 Å². The van der Waals surface area contributed by atoms with Crippen molar-refractivity contribution in [2.45, 2.75) is 26.7 Å². The van der Waals surface area contributed by atoms with Crippen LogP contribution in [-0.2, 0) is 4.79 Å². The normalized spacial score (nSPS) is 11.9. The standard InChI is InChI=1S/C25H22FN3O2/c1-15-8-9-21(26)20(14-15)23-22(18-10-12-27-13-11-18)25(31-29-23)28-24(30)17(3)19-7-5-4-6-16(19)2/h4-14,17H,1-3H3,(H,28,30). The molecule has 1 unspecified atom stereocenters. The van der Waals surface area contributed by atoms with Crippen molar-refractivity contribution in [3.63, 3.8) is 0 Å². The van der Waals surface area contributed by atoms with E-state index in [1.165, 1.54) is 6.07 Å². The molecule has 0 aliphatic rings. The van der Waals surface area contributed by atoms with Crippen molar-refractivity contribution in [2.24, 2.45) is 0 Å². The Labute approximate surface area is 179 Å². The number of carbonyl (C=O) groups is 1. The summed E-state index contributed by atoms with van der Waals surface area (Å²) in [4.78, 5) is 17.1. The molecule has 5 nitrogen and oxygen atoms in total. The predicted molar refractivity (Wildman–Crippen MR) is 118 cm³/mol. The molecular weight excluding hydrogens is 393 g/mol. The van der Waals surface area contributed by atoms with E-state index in [1.54, 1.807) is 36.7 Å². The van der Waals surface area contributed by atoms with Gasteiger partial charge in [-0.15, -0.1) is 0 Å². The molecule has 0 fully saturated rings. The van der Waals surface area contributed by atoms with Crippen molar-refractivity contribution in [3.8, 4) is 22.4 Å². The molecule has 0 aliphatic carbocycles. The molecule has 4 rings (SSSR count). The van der Waals surface area contributed by atoms with E-state index in [9.17, 15) is 9.18 Å². The van der Waals surface area contributed by atoms with Crippen molar-refractivity contribution < 1.29 is 13.7 Å². The molecule has 0 radical (unpaired) electrons. The van der Waals surface area contributed by atoms with Crippen LogP contribution in [-0.4, -0.2) is 16.0 Å². The van der Waals surface area contributed by atoms with Crippen LogP contribution in [0.25, 0.3) is 22.4 Å². The Bertz CT molecular complexity index is 1230. The molecule has 1 amide bonds. The summed E-state index contributed by atoms with van der Waals surface area (Å²) >= 11 is 0. The van der Waals surface area contributed by atoms with Gasteiger partial charge >= 0.3 is 0 Å². The summed E-state index contributed by atoms with van der Waals surface area (Å²) in [6, 6.07) is 16.1. The van der Waals surface area contributed by atoms with Crippen LogP contribution in [0.3, 0.4) is 0 Å². The zero-order chi connectivity index (χ0) is 22.0. The Hall–Kier alpha value is -3.80. The smallest absolute Gasteiger partial charge is 0.239 e. The molecule has 6 heteroatoms. The first kappa shape index (κ1) is 20.5. The lowest BCUT2D eigenvalue weighted by Crippen LogP contribution is -2.19. The summed E-state index contributed by atoms with van der Waals surface area (Å²) in [6.45, 7) is 5.68. The lowest BCUT2D eigenvalue weighted by Gasteiger charge is -2.14. The van der Waals surface area contributed by atoms with Gasteiger partial charge in [0.25, 0.3) is 0 Å². The second kappa shape index (κ2) is 8.52. The average molecular weight is 415 g/mol. The molecule has 0 aliphatic heterocycles. The minimum atomic E-state index is -0.416. The largest absolute Gasteiger partial charge is 0.337 e. The maximum absolute atomic E-state index is 14.6. The summed E-state index contributed by atoms with van der Waals surface area (Å²) in [7, 11) is 0. The number of nitrogens with zero attached hydrogens (tertiary/aromatic N) is 2. The zero-order valence-corrected chi connectivity index (χ0v) is 17.5. The van der Waals surface area contributed by atoms with Gasteiger partial charge in [0, 0.05) is 18.0 Å². The number of hydrogen-bond acceptors (Lipinski definition) is 4. The molecule has 0 saturated heterocycles. The molecule has 0 spiro atoms. The minimum Gasteiger partial charge on any atom is -0.337 e. The third-order valence-electron chi connectivity index (χ3n) is 5.32. The SMILES string of the molecule is Cc1ccc(F)c(-c2noc(NC(=O)C(C)c3ccccc3C)c2-c2ccncc2)c1. The van der Waals surface area contributed by atoms with E-state index >= 15 is 0 Å². The molecule has 2 heterocycles.